The second-order valence-electron chi connectivity index (χ2n) is 7.41. The average molecular weight is 364 g/mol. The minimum absolute atomic E-state index is 0.818. The first-order chi connectivity index (χ1) is 13.9. The van der Waals surface area contributed by atoms with Crippen molar-refractivity contribution in [3.05, 3.63) is 71.9 Å². The Morgan fingerprint density at radius 3 is 2.43 bits per heavy atom. The fourth-order valence-corrected chi connectivity index (χ4v) is 4.63. The third kappa shape index (κ3) is 1.70. The van der Waals surface area contributed by atoms with Crippen molar-refractivity contribution in [1.82, 2.24) is 4.98 Å². The van der Waals surface area contributed by atoms with E-state index in [0.29, 0.717) is 0 Å². The van der Waals surface area contributed by atoms with Crippen molar-refractivity contribution in [3.63, 3.8) is 0 Å². The number of ether oxygens (including phenoxy) is 2. The maximum Gasteiger partial charge on any atom is 0.165 e. The second-order valence-corrected chi connectivity index (χ2v) is 7.41. The van der Waals surface area contributed by atoms with Gasteiger partial charge in [-0.2, -0.15) is 0 Å². The van der Waals surface area contributed by atoms with Crippen molar-refractivity contribution in [1.29, 1.82) is 0 Å². The van der Waals surface area contributed by atoms with E-state index < -0.39 is 0 Å². The zero-order valence-corrected chi connectivity index (χ0v) is 15.0. The molecule has 0 saturated carbocycles. The van der Waals surface area contributed by atoms with E-state index in [1.54, 1.807) is 0 Å². The Hall–Kier alpha value is -3.66. The van der Waals surface area contributed by atoms with Gasteiger partial charge >= 0.3 is 0 Å². The maximum absolute atomic E-state index is 6.50. The number of para-hydroxylation sites is 4. The Morgan fingerprint density at radius 2 is 1.61 bits per heavy atom. The Kier molecular flexibility index (Phi) is 2.56. The smallest absolute Gasteiger partial charge is 0.165 e. The largest absolute Gasteiger partial charge is 0.453 e. The number of aryl methyl sites for hydroxylation is 1. The molecule has 1 N–H and O–H groups in total. The van der Waals surface area contributed by atoms with Gasteiger partial charge in [0.05, 0.1) is 22.3 Å². The van der Waals surface area contributed by atoms with E-state index in [1.165, 1.54) is 11.3 Å². The summed E-state index contributed by atoms with van der Waals surface area (Å²) in [5.74, 6) is 3.40. The second kappa shape index (κ2) is 4.98. The van der Waals surface area contributed by atoms with Gasteiger partial charge in [-0.15, -0.1) is 0 Å². The summed E-state index contributed by atoms with van der Waals surface area (Å²) in [4.78, 5) is 5.87. The Balaban J connectivity index is 1.63. The van der Waals surface area contributed by atoms with E-state index >= 15 is 0 Å². The first-order valence-electron chi connectivity index (χ1n) is 9.60. The van der Waals surface area contributed by atoms with Crippen molar-refractivity contribution in [3.8, 4) is 23.0 Å². The number of nitrogens with zero attached hydrogens (tertiary/aromatic N) is 1. The van der Waals surface area contributed by atoms with Crippen LogP contribution in [-0.2, 0) is 6.42 Å². The topological polar surface area (TPSA) is 37.5 Å². The van der Waals surface area contributed by atoms with Crippen LogP contribution in [0, 0.1) is 0 Å². The molecule has 2 aliphatic heterocycles. The highest BCUT2D eigenvalue weighted by molar-refractivity contribution is 6.07. The van der Waals surface area contributed by atoms with Gasteiger partial charge in [-0.05, 0) is 37.1 Å². The van der Waals surface area contributed by atoms with Crippen molar-refractivity contribution in [2.45, 2.75) is 12.8 Å². The monoisotopic (exact) mass is 364 g/mol. The number of aromatic amines is 1. The molecule has 0 fully saturated rings. The predicted molar refractivity (Wildman–Crippen MR) is 110 cm³/mol. The minimum Gasteiger partial charge on any atom is -0.453 e. The van der Waals surface area contributed by atoms with Gasteiger partial charge in [0.15, 0.2) is 23.0 Å². The molecule has 3 aromatic carbocycles. The summed E-state index contributed by atoms with van der Waals surface area (Å²) in [7, 11) is 0. The van der Waals surface area contributed by atoms with Crippen molar-refractivity contribution in [2.75, 3.05) is 4.90 Å². The molecule has 0 radical (unpaired) electrons. The quantitative estimate of drug-likeness (QED) is 0.322. The molecule has 28 heavy (non-hydrogen) atoms. The van der Waals surface area contributed by atoms with Crippen molar-refractivity contribution >= 4 is 34.0 Å². The summed E-state index contributed by atoms with van der Waals surface area (Å²) in [6, 6.07) is 18.5. The lowest BCUT2D eigenvalue weighted by Crippen LogP contribution is -2.20. The summed E-state index contributed by atoms with van der Waals surface area (Å²) >= 11 is 0. The summed E-state index contributed by atoms with van der Waals surface area (Å²) in [5, 5.41) is 1.13. The number of anilines is 3. The van der Waals surface area contributed by atoms with E-state index in [2.05, 4.69) is 40.2 Å². The lowest BCUT2D eigenvalue weighted by molar-refractivity contribution is 0.450. The predicted octanol–water partition coefficient (Wildman–Crippen LogP) is 6.81. The van der Waals surface area contributed by atoms with E-state index in [0.717, 1.165) is 63.8 Å². The van der Waals surface area contributed by atoms with Gasteiger partial charge in [0.25, 0.3) is 0 Å². The zero-order chi connectivity index (χ0) is 18.2. The minimum atomic E-state index is 0.818. The van der Waals surface area contributed by atoms with Crippen LogP contribution in [-0.4, -0.2) is 4.98 Å². The molecule has 3 aliphatic rings. The Bertz CT molecular complexity index is 1320. The van der Waals surface area contributed by atoms with Crippen LogP contribution in [0.5, 0.6) is 23.0 Å². The molecule has 134 valence electrons. The highest BCUT2D eigenvalue weighted by Gasteiger charge is 2.36. The molecule has 0 spiro atoms. The fraction of sp³-hybridized carbons (Fsp3) is 0.0833. The van der Waals surface area contributed by atoms with Crippen LogP contribution in [0.2, 0.25) is 0 Å². The zero-order valence-electron chi connectivity index (χ0n) is 15.0. The molecule has 0 unspecified atom stereocenters. The summed E-state index contributed by atoms with van der Waals surface area (Å²) < 4.78 is 12.8. The van der Waals surface area contributed by atoms with Crippen molar-refractivity contribution < 1.29 is 9.47 Å². The first-order valence-corrected chi connectivity index (χ1v) is 9.60. The normalized spacial score (nSPS) is 15.2. The van der Waals surface area contributed by atoms with Gasteiger partial charge in [0.2, 0.25) is 0 Å². The van der Waals surface area contributed by atoms with Gasteiger partial charge in [0.1, 0.15) is 5.69 Å². The van der Waals surface area contributed by atoms with Crippen LogP contribution in [0.15, 0.2) is 60.7 Å². The lowest BCUT2D eigenvalue weighted by Gasteiger charge is -2.38. The van der Waals surface area contributed by atoms with E-state index in [-0.39, 0.29) is 0 Å². The summed E-state index contributed by atoms with van der Waals surface area (Å²) in [6.07, 6.45) is 6.53. The van der Waals surface area contributed by atoms with Gasteiger partial charge in [-0.25, -0.2) is 0 Å². The van der Waals surface area contributed by atoms with Crippen molar-refractivity contribution in [2.24, 2.45) is 0 Å². The SMILES string of the molecule is C1=Cc2c([nH]c3cc4c5c(c23)Oc2ccccc2N5c2ccccc2O4)CC1. The Labute approximate surface area is 161 Å². The molecule has 1 aliphatic carbocycles. The third-order valence-electron chi connectivity index (χ3n) is 5.81. The highest BCUT2D eigenvalue weighted by atomic mass is 16.5. The molecule has 4 nitrogen and oxygen atoms in total. The van der Waals surface area contributed by atoms with E-state index in [1.807, 2.05) is 36.4 Å². The molecule has 0 bridgehead atoms. The average Bonchev–Trinajstić information content (AvgIpc) is 3.11. The van der Waals surface area contributed by atoms with Crippen LogP contribution >= 0.6 is 0 Å². The van der Waals surface area contributed by atoms with Gasteiger partial charge in [-0.1, -0.05) is 36.4 Å². The first kappa shape index (κ1) is 14.4. The van der Waals surface area contributed by atoms with Crippen LogP contribution in [0.4, 0.5) is 17.1 Å². The third-order valence-corrected chi connectivity index (χ3v) is 5.81. The van der Waals surface area contributed by atoms with Crippen LogP contribution in [0.25, 0.3) is 17.0 Å². The number of rotatable bonds is 0. The fourth-order valence-electron chi connectivity index (χ4n) is 4.63. The van der Waals surface area contributed by atoms with Gasteiger partial charge in [0, 0.05) is 17.3 Å². The number of hydrogen-bond donors (Lipinski definition) is 1. The van der Waals surface area contributed by atoms with E-state index in [4.69, 9.17) is 9.47 Å². The molecular formula is C24H16N2O2. The van der Waals surface area contributed by atoms with Crippen LogP contribution in [0.1, 0.15) is 17.7 Å². The molecule has 0 atom stereocenters. The molecule has 0 amide bonds. The molecule has 0 saturated heterocycles. The molecular weight excluding hydrogens is 348 g/mol. The maximum atomic E-state index is 6.50. The Morgan fingerprint density at radius 1 is 0.857 bits per heavy atom. The van der Waals surface area contributed by atoms with E-state index in [9.17, 15) is 0 Å². The molecule has 1 aromatic heterocycles. The standard InChI is InChI=1S/C24H16N2O2/c1-2-8-15-14(7-1)22-16(25-15)13-21-23-24(22)28-20-12-6-4-10-18(20)26(23)17-9-3-5-11-19(17)27-21/h1,3-7,9-13,25H,2,8H2. The van der Waals surface area contributed by atoms with Gasteiger partial charge in [-0.3, -0.25) is 4.90 Å². The molecule has 4 heteroatoms. The van der Waals surface area contributed by atoms with Crippen LogP contribution in [0.3, 0.4) is 0 Å². The van der Waals surface area contributed by atoms with Gasteiger partial charge < -0.3 is 14.5 Å². The number of benzene rings is 3. The van der Waals surface area contributed by atoms with Crippen LogP contribution < -0.4 is 14.4 Å². The molecule has 4 aromatic rings. The lowest BCUT2D eigenvalue weighted by atomic mass is 9.99. The summed E-state index contributed by atoms with van der Waals surface area (Å²) in [5.41, 5.74) is 6.60. The number of allylic oxidation sites excluding steroid dienone is 1. The number of nitrogens with one attached hydrogen (secondary N) is 1. The highest BCUT2D eigenvalue weighted by Crippen LogP contribution is 2.61. The number of aromatic nitrogens is 1. The summed E-state index contributed by atoms with van der Waals surface area (Å²) in [6.45, 7) is 0. The molecule has 7 rings (SSSR count). The number of fused-ring (bicyclic) bond motifs is 8. The number of hydrogen-bond acceptors (Lipinski definition) is 3. The molecule has 3 heterocycles. The number of H-pyrrole nitrogens is 1.